The number of ketones is 2. The van der Waals surface area contributed by atoms with Gasteiger partial charge in [0, 0.05) is 32.0 Å². The molecule has 4 rings (SSSR count). The van der Waals surface area contributed by atoms with E-state index in [1.807, 2.05) is 4.90 Å². The highest BCUT2D eigenvalue weighted by Crippen LogP contribution is 2.38. The minimum Gasteiger partial charge on any atom is -0.359 e. The number of fused-ring (bicyclic) bond motifs is 1. The molecule has 0 spiro atoms. The third-order valence-corrected chi connectivity index (χ3v) is 9.58. The van der Waals surface area contributed by atoms with Gasteiger partial charge in [0.15, 0.2) is 0 Å². The predicted molar refractivity (Wildman–Crippen MR) is 159 cm³/mol. The van der Waals surface area contributed by atoms with Gasteiger partial charge in [-0.3, -0.25) is 13.9 Å². The molecule has 0 radical (unpaired) electrons. The minimum absolute atomic E-state index is 0.0273. The van der Waals surface area contributed by atoms with Gasteiger partial charge >= 0.3 is 0 Å². The van der Waals surface area contributed by atoms with Crippen molar-refractivity contribution in [3.8, 4) is 0 Å². The monoisotopic (exact) mass is 692 g/mol. The largest absolute Gasteiger partial charge is 0.359 e. The van der Waals surface area contributed by atoms with E-state index in [9.17, 15) is 26.8 Å². The number of Topliss-reactive ketones (excluding diaryl/α,β-unsaturated/α-hetero) is 2. The van der Waals surface area contributed by atoms with Crippen LogP contribution in [0.5, 0.6) is 0 Å². The second-order valence-electron chi connectivity index (χ2n) is 9.23. The van der Waals surface area contributed by atoms with E-state index in [1.54, 1.807) is 42.5 Å². The molecule has 0 saturated carbocycles. The van der Waals surface area contributed by atoms with Crippen molar-refractivity contribution in [2.45, 2.75) is 25.3 Å². The van der Waals surface area contributed by atoms with Crippen molar-refractivity contribution in [3.63, 3.8) is 0 Å². The zero-order valence-corrected chi connectivity index (χ0v) is 25.5. The molecule has 0 bridgehead atoms. The number of hydrogen-bond acceptors (Lipinski definition) is 5. The van der Waals surface area contributed by atoms with Gasteiger partial charge in [-0.15, -0.1) is 0 Å². The molecule has 0 N–H and O–H groups in total. The van der Waals surface area contributed by atoms with E-state index in [0.717, 1.165) is 28.1 Å². The Labute approximate surface area is 247 Å². The number of hydrogen-bond donors (Lipinski definition) is 0. The molecule has 0 aliphatic heterocycles. The zero-order valence-electron chi connectivity index (χ0n) is 21.5. The van der Waals surface area contributed by atoms with Gasteiger partial charge in [-0.05, 0) is 77.8 Å². The van der Waals surface area contributed by atoms with Crippen molar-refractivity contribution in [2.75, 3.05) is 22.3 Å². The molecular formula is C29H24Br2F2N2O4S. The van der Waals surface area contributed by atoms with Crippen molar-refractivity contribution in [3.05, 3.63) is 98.9 Å². The lowest BCUT2D eigenvalue weighted by atomic mass is 10.0. The summed E-state index contributed by atoms with van der Waals surface area (Å²) in [5.74, 6) is -1.51. The first-order valence-electron chi connectivity index (χ1n) is 12.1. The number of carbonyl (C=O) groups is 2. The van der Waals surface area contributed by atoms with Gasteiger partial charge < -0.3 is 4.90 Å². The van der Waals surface area contributed by atoms with Crippen LogP contribution in [0.2, 0.25) is 0 Å². The second-order valence-corrected chi connectivity index (χ2v) is 12.8. The first-order valence-corrected chi connectivity index (χ1v) is 15.1. The molecule has 40 heavy (non-hydrogen) atoms. The molecule has 6 nitrogen and oxygen atoms in total. The molecule has 0 saturated heterocycles. The number of carbonyl (C=O) groups excluding carboxylic acids is 2. The Bertz CT molecular complexity index is 1730. The number of sulfonamides is 1. The Morgan fingerprint density at radius 2 is 1.30 bits per heavy atom. The van der Waals surface area contributed by atoms with Crippen LogP contribution in [0.25, 0.3) is 10.8 Å². The fourth-order valence-corrected chi connectivity index (χ4v) is 7.41. The molecule has 208 valence electrons. The van der Waals surface area contributed by atoms with E-state index < -0.39 is 34.0 Å². The Morgan fingerprint density at radius 3 is 1.88 bits per heavy atom. The van der Waals surface area contributed by atoms with E-state index in [-0.39, 0.29) is 33.9 Å². The summed E-state index contributed by atoms with van der Waals surface area (Å²) >= 11 is 6.53. The quantitative estimate of drug-likeness (QED) is 0.179. The van der Waals surface area contributed by atoms with Crippen LogP contribution in [0.1, 0.15) is 19.4 Å². The van der Waals surface area contributed by atoms with Crippen LogP contribution in [0, 0.1) is 11.6 Å². The third-order valence-electron chi connectivity index (χ3n) is 6.11. The Balaban J connectivity index is 1.89. The fourth-order valence-electron chi connectivity index (χ4n) is 4.42. The maximum atomic E-state index is 13.8. The lowest BCUT2D eigenvalue weighted by Crippen LogP contribution is -2.35. The number of rotatable bonds is 10. The molecule has 0 aliphatic carbocycles. The van der Waals surface area contributed by atoms with Crippen LogP contribution >= 0.6 is 31.9 Å². The van der Waals surface area contributed by atoms with E-state index in [0.29, 0.717) is 20.9 Å². The summed E-state index contributed by atoms with van der Waals surface area (Å²) in [6.07, 6.45) is 0. The number of anilines is 2. The first-order chi connectivity index (χ1) is 18.9. The maximum Gasteiger partial charge on any atom is 0.265 e. The van der Waals surface area contributed by atoms with E-state index in [4.69, 9.17) is 0 Å². The van der Waals surface area contributed by atoms with Crippen LogP contribution in [-0.4, -0.2) is 33.1 Å². The van der Waals surface area contributed by atoms with Crippen molar-refractivity contribution in [2.24, 2.45) is 0 Å². The van der Waals surface area contributed by atoms with Gasteiger partial charge in [-0.1, -0.05) is 46.3 Å². The fraction of sp³-hybridized carbons (Fsp3) is 0.172. The topological polar surface area (TPSA) is 74.8 Å². The van der Waals surface area contributed by atoms with Gasteiger partial charge in [-0.2, -0.15) is 0 Å². The molecule has 4 aromatic rings. The van der Waals surface area contributed by atoms with Crippen LogP contribution in [0.15, 0.2) is 86.6 Å². The van der Waals surface area contributed by atoms with Gasteiger partial charge in [0.05, 0.1) is 18.8 Å². The second kappa shape index (κ2) is 12.2. The Hall–Kier alpha value is -3.15. The Kier molecular flexibility index (Phi) is 9.06. The van der Waals surface area contributed by atoms with Crippen LogP contribution in [0.4, 0.5) is 20.2 Å². The predicted octanol–water partition coefficient (Wildman–Crippen LogP) is 7.02. The molecule has 0 heterocycles. The molecule has 0 amide bonds. The van der Waals surface area contributed by atoms with Gasteiger partial charge in [-0.25, -0.2) is 17.2 Å². The molecule has 0 unspecified atom stereocenters. The van der Waals surface area contributed by atoms with Gasteiger partial charge in [0.1, 0.15) is 28.1 Å². The zero-order chi connectivity index (χ0) is 29.2. The molecule has 0 aromatic heterocycles. The smallest absolute Gasteiger partial charge is 0.265 e. The maximum absolute atomic E-state index is 13.8. The SMILES string of the molecule is CC(=O)CN(Cc1ccc(F)cc1Br)c1ccc(N(CC(C)=O)S(=O)(=O)c2ccc(F)cc2Br)c2ccccc12. The van der Waals surface area contributed by atoms with Crippen molar-refractivity contribution >= 4 is 75.6 Å². The normalized spacial score (nSPS) is 11.4. The van der Waals surface area contributed by atoms with Crippen LogP contribution in [-0.2, 0) is 26.2 Å². The van der Waals surface area contributed by atoms with Crippen LogP contribution in [0.3, 0.4) is 0 Å². The summed E-state index contributed by atoms with van der Waals surface area (Å²) < 4.78 is 56.7. The Morgan fingerprint density at radius 1 is 0.750 bits per heavy atom. The summed E-state index contributed by atoms with van der Waals surface area (Å²) in [6, 6.07) is 17.9. The molecule has 11 heteroatoms. The highest BCUT2D eigenvalue weighted by Gasteiger charge is 2.30. The van der Waals surface area contributed by atoms with Crippen LogP contribution < -0.4 is 9.21 Å². The van der Waals surface area contributed by atoms with E-state index >= 15 is 0 Å². The summed E-state index contributed by atoms with van der Waals surface area (Å²) in [5, 5.41) is 1.16. The average molecular weight is 694 g/mol. The molecule has 0 fully saturated rings. The number of nitrogens with zero attached hydrogens (tertiary/aromatic N) is 2. The highest BCUT2D eigenvalue weighted by molar-refractivity contribution is 9.10. The van der Waals surface area contributed by atoms with E-state index in [2.05, 4.69) is 31.9 Å². The van der Waals surface area contributed by atoms with Crippen molar-refractivity contribution < 1.29 is 26.8 Å². The highest BCUT2D eigenvalue weighted by atomic mass is 79.9. The average Bonchev–Trinajstić information content (AvgIpc) is 2.87. The van der Waals surface area contributed by atoms with Crippen molar-refractivity contribution in [1.82, 2.24) is 0 Å². The summed E-state index contributed by atoms with van der Waals surface area (Å²) in [5.41, 5.74) is 1.64. The lowest BCUT2D eigenvalue weighted by molar-refractivity contribution is -0.116. The van der Waals surface area contributed by atoms with Crippen molar-refractivity contribution in [1.29, 1.82) is 0 Å². The lowest BCUT2D eigenvalue weighted by Gasteiger charge is -2.29. The van der Waals surface area contributed by atoms with E-state index in [1.165, 1.54) is 26.0 Å². The minimum atomic E-state index is -4.31. The molecule has 0 aliphatic rings. The van der Waals surface area contributed by atoms with Gasteiger partial charge in [0.25, 0.3) is 10.0 Å². The summed E-state index contributed by atoms with van der Waals surface area (Å²) in [6.45, 7) is 2.61. The third kappa shape index (κ3) is 6.42. The molecular weight excluding hydrogens is 670 g/mol. The molecule has 4 aromatic carbocycles. The summed E-state index contributed by atoms with van der Waals surface area (Å²) in [7, 11) is -4.31. The number of benzene rings is 4. The first kappa shape index (κ1) is 29.8. The van der Waals surface area contributed by atoms with Gasteiger partial charge in [0.2, 0.25) is 0 Å². The summed E-state index contributed by atoms with van der Waals surface area (Å²) in [4.78, 5) is 26.2. The standard InChI is InChI=1S/C29H24Br2F2N2O4S/c1-18(36)15-34(17-20-7-8-21(32)13-25(20)30)27-10-11-28(24-6-4-3-5-23(24)27)35(16-19(2)37)40(38,39)29-12-9-22(33)14-26(29)31/h3-14H,15-17H2,1-2H3. The molecule has 0 atom stereocenters. The number of halogens is 4.